The lowest BCUT2D eigenvalue weighted by molar-refractivity contribution is -0.145. The number of carbonyl (C=O) groups excluding carboxylic acids is 1. The number of nitrogens with one attached hydrogen (secondary N) is 1. The number of fused-ring (bicyclic) bond motifs is 1. The first-order valence-corrected chi connectivity index (χ1v) is 12.0. The van der Waals surface area contributed by atoms with Crippen molar-refractivity contribution in [2.75, 3.05) is 13.2 Å². The molecule has 0 radical (unpaired) electrons. The number of aromatic amines is 1. The monoisotopic (exact) mass is 499 g/mol. The van der Waals surface area contributed by atoms with Crippen molar-refractivity contribution in [2.24, 2.45) is 0 Å². The molecule has 4 rings (SSSR count). The van der Waals surface area contributed by atoms with Crippen molar-refractivity contribution in [1.29, 1.82) is 0 Å². The Morgan fingerprint density at radius 2 is 1.80 bits per heavy atom. The van der Waals surface area contributed by atoms with E-state index in [1.54, 1.807) is 18.7 Å². The Bertz CT molecular complexity index is 1330. The molecule has 0 aliphatic heterocycles. The van der Waals surface area contributed by atoms with Crippen LogP contribution in [0.5, 0.6) is 5.75 Å². The second-order valence-corrected chi connectivity index (χ2v) is 8.99. The van der Waals surface area contributed by atoms with E-state index in [9.17, 15) is 18.0 Å². The summed E-state index contributed by atoms with van der Waals surface area (Å²) in [5.41, 5.74) is 3.76. The Labute approximate surface area is 205 Å². The van der Waals surface area contributed by atoms with Gasteiger partial charge in [0.25, 0.3) is 0 Å². The van der Waals surface area contributed by atoms with Gasteiger partial charge in [-0.05, 0) is 73.0 Å². The third-order valence-corrected chi connectivity index (χ3v) is 6.51. The van der Waals surface area contributed by atoms with E-state index >= 15 is 0 Å². The van der Waals surface area contributed by atoms with Gasteiger partial charge < -0.3 is 14.5 Å². The fourth-order valence-electron chi connectivity index (χ4n) is 3.71. The van der Waals surface area contributed by atoms with Crippen molar-refractivity contribution in [3.8, 4) is 17.0 Å². The molecule has 0 saturated heterocycles. The lowest BCUT2D eigenvalue weighted by Gasteiger charge is -2.10. The summed E-state index contributed by atoms with van der Waals surface area (Å²) in [6.07, 6.45) is -4.35. The Morgan fingerprint density at radius 3 is 2.49 bits per heavy atom. The number of thioether (sulfide) groups is 1. The van der Waals surface area contributed by atoms with Gasteiger partial charge in [-0.3, -0.25) is 0 Å². The standard InChI is InChI=1S/C27H24F3NO3S/c1-3-33-26(32)15-34-25-12-11-21(13-17(25)2)35-16-19-5-4-6-23-22(19)14-24(31-23)18-7-9-20(10-8-18)27(28,29)30/h4-14,31H,3,15-16H2,1-2H3. The molecule has 0 aliphatic rings. The Kier molecular flexibility index (Phi) is 7.40. The summed E-state index contributed by atoms with van der Waals surface area (Å²) in [7, 11) is 0. The van der Waals surface area contributed by atoms with Crippen LogP contribution in [0.3, 0.4) is 0 Å². The van der Waals surface area contributed by atoms with Gasteiger partial charge in [0.2, 0.25) is 0 Å². The van der Waals surface area contributed by atoms with Crippen LogP contribution in [0.1, 0.15) is 23.6 Å². The predicted molar refractivity (Wildman–Crippen MR) is 132 cm³/mol. The number of carbonyl (C=O) groups is 1. The van der Waals surface area contributed by atoms with Gasteiger partial charge >= 0.3 is 12.1 Å². The van der Waals surface area contributed by atoms with Crippen LogP contribution in [0.15, 0.2) is 71.6 Å². The molecule has 1 aromatic heterocycles. The van der Waals surface area contributed by atoms with Crippen LogP contribution < -0.4 is 4.74 Å². The second kappa shape index (κ2) is 10.5. The molecule has 1 heterocycles. The minimum Gasteiger partial charge on any atom is -0.482 e. The number of hydrogen-bond acceptors (Lipinski definition) is 4. The van der Waals surface area contributed by atoms with E-state index in [1.165, 1.54) is 12.1 Å². The van der Waals surface area contributed by atoms with Gasteiger partial charge in [0.1, 0.15) is 5.75 Å². The summed E-state index contributed by atoms with van der Waals surface area (Å²) in [5, 5.41) is 1.03. The molecule has 0 bridgehead atoms. The average molecular weight is 500 g/mol. The maximum atomic E-state index is 12.9. The molecule has 0 aliphatic carbocycles. The molecular weight excluding hydrogens is 475 g/mol. The van der Waals surface area contributed by atoms with E-state index in [0.29, 0.717) is 23.7 Å². The minimum absolute atomic E-state index is 0.127. The Hall–Kier alpha value is -3.39. The van der Waals surface area contributed by atoms with E-state index in [0.717, 1.165) is 44.8 Å². The van der Waals surface area contributed by atoms with Crippen LogP contribution in [-0.4, -0.2) is 24.2 Å². The third-order valence-electron chi connectivity index (χ3n) is 5.47. The van der Waals surface area contributed by atoms with Gasteiger partial charge in [-0.1, -0.05) is 24.3 Å². The highest BCUT2D eigenvalue weighted by molar-refractivity contribution is 7.98. The molecule has 0 fully saturated rings. The fraction of sp³-hybridized carbons (Fsp3) is 0.222. The lowest BCUT2D eigenvalue weighted by Crippen LogP contribution is -2.14. The maximum Gasteiger partial charge on any atom is 0.416 e. The zero-order valence-corrected chi connectivity index (χ0v) is 20.1. The molecule has 1 N–H and O–H groups in total. The maximum absolute atomic E-state index is 12.9. The molecule has 182 valence electrons. The van der Waals surface area contributed by atoms with Crippen molar-refractivity contribution in [3.05, 3.63) is 83.4 Å². The first-order chi connectivity index (χ1) is 16.7. The van der Waals surface area contributed by atoms with Gasteiger partial charge in [0.15, 0.2) is 6.61 Å². The first-order valence-electron chi connectivity index (χ1n) is 11.0. The molecule has 4 aromatic rings. The van der Waals surface area contributed by atoms with Gasteiger partial charge in [-0.25, -0.2) is 4.79 Å². The third kappa shape index (κ3) is 6.00. The molecular formula is C27H24F3NO3S. The molecule has 4 nitrogen and oxygen atoms in total. The number of hydrogen-bond donors (Lipinski definition) is 1. The lowest BCUT2D eigenvalue weighted by atomic mass is 10.1. The molecule has 0 atom stereocenters. The van der Waals surface area contributed by atoms with Crippen molar-refractivity contribution < 1.29 is 27.4 Å². The summed E-state index contributed by atoms with van der Waals surface area (Å²) < 4.78 is 49.1. The van der Waals surface area contributed by atoms with Crippen LogP contribution in [0.25, 0.3) is 22.2 Å². The summed E-state index contributed by atoms with van der Waals surface area (Å²) >= 11 is 1.67. The zero-order chi connectivity index (χ0) is 25.0. The topological polar surface area (TPSA) is 51.3 Å². The SMILES string of the molecule is CCOC(=O)COc1ccc(SCc2cccc3[nH]c(-c4ccc(C(F)(F)F)cc4)cc23)cc1C. The van der Waals surface area contributed by atoms with Gasteiger partial charge in [0, 0.05) is 27.2 Å². The Balaban J connectivity index is 1.47. The van der Waals surface area contributed by atoms with Crippen molar-refractivity contribution in [2.45, 2.75) is 30.7 Å². The highest BCUT2D eigenvalue weighted by Crippen LogP contribution is 2.34. The molecule has 35 heavy (non-hydrogen) atoms. The smallest absolute Gasteiger partial charge is 0.416 e. The summed E-state index contributed by atoms with van der Waals surface area (Å²) in [6, 6.07) is 18.9. The van der Waals surface area contributed by atoms with Gasteiger partial charge in [0.05, 0.1) is 12.2 Å². The first kappa shape index (κ1) is 24.7. The van der Waals surface area contributed by atoms with Gasteiger partial charge in [-0.15, -0.1) is 11.8 Å². The van der Waals surface area contributed by atoms with E-state index in [4.69, 9.17) is 9.47 Å². The van der Waals surface area contributed by atoms with Gasteiger partial charge in [-0.2, -0.15) is 13.2 Å². The number of aryl methyl sites for hydroxylation is 1. The molecule has 0 amide bonds. The highest BCUT2D eigenvalue weighted by Gasteiger charge is 2.30. The quantitative estimate of drug-likeness (QED) is 0.203. The number of halogens is 3. The number of H-pyrrole nitrogens is 1. The second-order valence-electron chi connectivity index (χ2n) is 7.95. The number of esters is 1. The molecule has 3 aromatic carbocycles. The van der Waals surface area contributed by atoms with Crippen LogP contribution in [0, 0.1) is 6.92 Å². The summed E-state index contributed by atoms with van der Waals surface area (Å²) in [6.45, 7) is 3.86. The zero-order valence-electron chi connectivity index (χ0n) is 19.2. The van der Waals surface area contributed by atoms with Crippen LogP contribution in [-0.2, 0) is 21.5 Å². The minimum atomic E-state index is -4.35. The van der Waals surface area contributed by atoms with Crippen LogP contribution in [0.2, 0.25) is 0 Å². The predicted octanol–water partition coefficient (Wildman–Crippen LogP) is 7.40. The number of rotatable bonds is 8. The summed E-state index contributed by atoms with van der Waals surface area (Å²) in [5.74, 6) is 0.946. The normalized spacial score (nSPS) is 11.6. The van der Waals surface area contributed by atoms with E-state index < -0.39 is 17.7 Å². The van der Waals surface area contributed by atoms with Crippen LogP contribution >= 0.6 is 11.8 Å². The van der Waals surface area contributed by atoms with Crippen LogP contribution in [0.4, 0.5) is 13.2 Å². The number of ether oxygens (including phenoxy) is 2. The van der Waals surface area contributed by atoms with E-state index in [-0.39, 0.29) is 6.61 Å². The molecule has 8 heteroatoms. The largest absolute Gasteiger partial charge is 0.482 e. The fourth-order valence-corrected chi connectivity index (χ4v) is 4.71. The number of aromatic nitrogens is 1. The van der Waals surface area contributed by atoms with E-state index in [1.807, 2.05) is 49.4 Å². The van der Waals surface area contributed by atoms with Crippen molar-refractivity contribution >= 4 is 28.6 Å². The number of alkyl halides is 3. The average Bonchev–Trinajstić information content (AvgIpc) is 3.27. The number of benzene rings is 3. The van der Waals surface area contributed by atoms with Crippen molar-refractivity contribution in [3.63, 3.8) is 0 Å². The summed E-state index contributed by atoms with van der Waals surface area (Å²) in [4.78, 5) is 15.9. The Morgan fingerprint density at radius 1 is 1.03 bits per heavy atom. The molecule has 0 spiro atoms. The van der Waals surface area contributed by atoms with E-state index in [2.05, 4.69) is 4.98 Å². The molecule has 0 saturated carbocycles. The van der Waals surface area contributed by atoms with Crippen molar-refractivity contribution in [1.82, 2.24) is 4.98 Å². The molecule has 0 unspecified atom stereocenters. The highest BCUT2D eigenvalue weighted by atomic mass is 32.2.